The molecule has 1 aromatic rings. The summed E-state index contributed by atoms with van der Waals surface area (Å²) in [6, 6.07) is -0.368. The van der Waals surface area contributed by atoms with Crippen LogP contribution in [0.1, 0.15) is 6.23 Å². The number of nitrogens with one attached hydrogen (secondary N) is 1. The number of aliphatic hydroxyl groups excluding tert-OH is 1. The number of nitrogens with two attached hydrogens (primary N) is 1. The summed E-state index contributed by atoms with van der Waals surface area (Å²) in [5.74, 6) is -1.56. The number of carboxylic acid groups (broad SMARTS) is 1. The summed E-state index contributed by atoms with van der Waals surface area (Å²) < 4.78 is 27.5. The molecule has 3 rings (SSSR count). The molecule has 2 aliphatic rings. The van der Waals surface area contributed by atoms with E-state index in [0.29, 0.717) is 0 Å². The molecule has 2 aliphatic heterocycles. The Morgan fingerprint density at radius 3 is 2.52 bits per heavy atom. The van der Waals surface area contributed by atoms with Crippen molar-refractivity contribution in [3.63, 3.8) is 0 Å². The van der Waals surface area contributed by atoms with Gasteiger partial charge in [-0.25, -0.2) is 14.2 Å². The molecule has 0 unspecified atom stereocenters. The van der Waals surface area contributed by atoms with E-state index >= 15 is 0 Å². The zero-order valence-corrected chi connectivity index (χ0v) is 14.2. The Bertz CT molecular complexity index is 893. The molecule has 0 aliphatic carbocycles. The van der Waals surface area contributed by atoms with Gasteiger partial charge in [0, 0.05) is 12.3 Å². The molecule has 0 radical (unpaired) electrons. The van der Waals surface area contributed by atoms with Crippen molar-refractivity contribution in [2.75, 3.05) is 0 Å². The SMILES string of the molecule is N[C@@H]1[C@@H](O)[C@@H](C(=O)O)O[C@@H]2[C@@H]1O[C@@H](n1ccc(=O)[nH]c1=O)[C@@H]2OP(=O)(O)O. The van der Waals surface area contributed by atoms with Crippen LogP contribution in [-0.2, 0) is 23.4 Å². The molecule has 7 atom stereocenters. The topological polar surface area (TPSA) is 224 Å². The number of H-pyrrole nitrogens is 1. The van der Waals surface area contributed by atoms with E-state index in [1.807, 2.05) is 4.98 Å². The number of phosphoric ester groups is 1. The van der Waals surface area contributed by atoms with E-state index < -0.39 is 67.8 Å². The number of rotatable bonds is 4. The van der Waals surface area contributed by atoms with Crippen LogP contribution in [0.5, 0.6) is 0 Å². The Balaban J connectivity index is 2.04. The number of ether oxygens (including phenoxy) is 2. The minimum absolute atomic E-state index is 0.728. The first-order chi connectivity index (χ1) is 12.5. The minimum Gasteiger partial charge on any atom is -0.479 e. The van der Waals surface area contributed by atoms with Crippen molar-refractivity contribution in [2.24, 2.45) is 5.73 Å². The van der Waals surface area contributed by atoms with Crippen LogP contribution in [0.15, 0.2) is 21.9 Å². The van der Waals surface area contributed by atoms with Gasteiger partial charge in [0.15, 0.2) is 12.3 Å². The van der Waals surface area contributed by atoms with E-state index in [4.69, 9.17) is 20.3 Å². The number of aromatic amines is 1. The fraction of sp³-hybridized carbons (Fsp3) is 0.583. The van der Waals surface area contributed by atoms with Crippen molar-refractivity contribution in [1.82, 2.24) is 9.55 Å². The monoisotopic (exact) mass is 409 g/mol. The number of aromatic nitrogens is 2. The maximum absolute atomic E-state index is 12.0. The second-order valence-corrected chi connectivity index (χ2v) is 7.19. The molecule has 14 nitrogen and oxygen atoms in total. The molecule has 150 valence electrons. The number of aliphatic hydroxyl groups is 1. The van der Waals surface area contributed by atoms with E-state index in [-0.39, 0.29) is 0 Å². The highest BCUT2D eigenvalue weighted by molar-refractivity contribution is 7.46. The number of hydrogen-bond acceptors (Lipinski definition) is 9. The van der Waals surface area contributed by atoms with Gasteiger partial charge < -0.3 is 35.2 Å². The average molecular weight is 409 g/mol. The lowest BCUT2D eigenvalue weighted by atomic mass is 9.92. The molecular weight excluding hydrogens is 393 g/mol. The molecule has 1 aromatic heterocycles. The molecule has 0 saturated carbocycles. The van der Waals surface area contributed by atoms with Crippen LogP contribution in [-0.4, -0.2) is 72.1 Å². The molecular formula is C12H16N3O11P. The Labute approximate surface area is 149 Å². The lowest BCUT2D eigenvalue weighted by Gasteiger charge is -2.38. The number of fused-ring (bicyclic) bond motifs is 1. The van der Waals surface area contributed by atoms with Crippen LogP contribution in [0.25, 0.3) is 0 Å². The number of nitrogens with zero attached hydrogens (tertiary/aromatic N) is 1. The lowest BCUT2D eigenvalue weighted by Crippen LogP contribution is -2.63. The van der Waals surface area contributed by atoms with Gasteiger partial charge in [-0.1, -0.05) is 0 Å². The van der Waals surface area contributed by atoms with E-state index in [1.54, 1.807) is 0 Å². The van der Waals surface area contributed by atoms with Gasteiger partial charge in [-0.05, 0) is 0 Å². The van der Waals surface area contributed by atoms with Gasteiger partial charge in [-0.2, -0.15) is 0 Å². The Morgan fingerprint density at radius 2 is 1.96 bits per heavy atom. The summed E-state index contributed by atoms with van der Waals surface area (Å²) >= 11 is 0. The fourth-order valence-corrected chi connectivity index (χ4v) is 3.64. The zero-order valence-electron chi connectivity index (χ0n) is 13.3. The third-order valence-electron chi connectivity index (χ3n) is 4.24. The second-order valence-electron chi connectivity index (χ2n) is 6.00. The molecule has 0 aromatic carbocycles. The van der Waals surface area contributed by atoms with Crippen LogP contribution >= 0.6 is 7.82 Å². The molecule has 2 fully saturated rings. The normalized spacial score (nSPS) is 36.4. The first-order valence-corrected chi connectivity index (χ1v) is 9.05. The van der Waals surface area contributed by atoms with Crippen molar-refractivity contribution in [3.8, 4) is 0 Å². The van der Waals surface area contributed by atoms with Crippen LogP contribution < -0.4 is 17.0 Å². The molecule has 27 heavy (non-hydrogen) atoms. The van der Waals surface area contributed by atoms with E-state index in [0.717, 1.165) is 16.8 Å². The predicted octanol–water partition coefficient (Wildman–Crippen LogP) is -3.55. The summed E-state index contributed by atoms with van der Waals surface area (Å²) in [5, 5.41) is 19.2. The quantitative estimate of drug-likeness (QED) is 0.266. The van der Waals surface area contributed by atoms with Crippen molar-refractivity contribution in [3.05, 3.63) is 33.1 Å². The average Bonchev–Trinajstić information content (AvgIpc) is 2.87. The summed E-state index contributed by atoms with van der Waals surface area (Å²) in [5.41, 5.74) is 4.10. The standard InChI is InChI=1S/C12H16N3O11P/c13-4-5(17)7(11(18)19)24-8-6(4)25-10(9(8)26-27(21,22)23)15-2-1-3(16)14-12(15)20/h1-2,4-10,17H,13H2,(H,18,19)(H,14,16,20)(H2,21,22,23)/t4-,5-,6-,7+,8-,9-,10-/m1/s1. The van der Waals surface area contributed by atoms with E-state index in [9.17, 15) is 33.8 Å². The largest absolute Gasteiger partial charge is 0.479 e. The van der Waals surface area contributed by atoms with Crippen molar-refractivity contribution in [1.29, 1.82) is 0 Å². The first-order valence-electron chi connectivity index (χ1n) is 7.52. The summed E-state index contributed by atoms with van der Waals surface area (Å²) in [4.78, 5) is 54.8. The highest BCUT2D eigenvalue weighted by Crippen LogP contribution is 2.47. The third kappa shape index (κ3) is 3.74. The molecule has 2 saturated heterocycles. The minimum atomic E-state index is -5.14. The first kappa shape index (κ1) is 19.9. The number of hydrogen-bond donors (Lipinski definition) is 6. The van der Waals surface area contributed by atoms with Gasteiger partial charge in [0.25, 0.3) is 5.56 Å². The molecule has 3 heterocycles. The highest BCUT2D eigenvalue weighted by Gasteiger charge is 2.58. The van der Waals surface area contributed by atoms with Crippen molar-refractivity contribution >= 4 is 13.8 Å². The number of carboxylic acids is 1. The van der Waals surface area contributed by atoms with Gasteiger partial charge in [0.05, 0.1) is 6.04 Å². The smallest absolute Gasteiger partial charge is 0.470 e. The van der Waals surface area contributed by atoms with Gasteiger partial charge in [0.1, 0.15) is 24.4 Å². The Kier molecular flexibility index (Phi) is 5.09. The summed E-state index contributed by atoms with van der Waals surface area (Å²) in [6.45, 7) is 0. The Hall–Kier alpha value is -1.90. The van der Waals surface area contributed by atoms with E-state index in [1.165, 1.54) is 0 Å². The van der Waals surface area contributed by atoms with Crippen LogP contribution in [0.2, 0.25) is 0 Å². The molecule has 0 spiro atoms. The number of carbonyl (C=O) groups is 1. The number of phosphoric acid groups is 1. The molecule has 0 bridgehead atoms. The van der Waals surface area contributed by atoms with Gasteiger partial charge in [0.2, 0.25) is 0 Å². The zero-order chi connectivity index (χ0) is 20.1. The van der Waals surface area contributed by atoms with Crippen molar-refractivity contribution in [2.45, 2.75) is 42.8 Å². The molecule has 0 amide bonds. The lowest BCUT2D eigenvalue weighted by molar-refractivity contribution is -0.195. The van der Waals surface area contributed by atoms with Crippen LogP contribution in [0.4, 0.5) is 0 Å². The van der Waals surface area contributed by atoms with Gasteiger partial charge >= 0.3 is 19.5 Å². The van der Waals surface area contributed by atoms with Gasteiger partial charge in [-0.3, -0.25) is 18.9 Å². The summed E-state index contributed by atoms with van der Waals surface area (Å²) in [6.07, 6.45) is -8.38. The fourth-order valence-electron chi connectivity index (χ4n) is 3.10. The van der Waals surface area contributed by atoms with Crippen LogP contribution in [0, 0.1) is 0 Å². The maximum atomic E-state index is 12.0. The third-order valence-corrected chi connectivity index (χ3v) is 4.76. The molecule has 7 N–H and O–H groups in total. The van der Waals surface area contributed by atoms with Crippen LogP contribution in [0.3, 0.4) is 0 Å². The molecule has 15 heteroatoms. The van der Waals surface area contributed by atoms with Gasteiger partial charge in [-0.15, -0.1) is 0 Å². The number of aliphatic carboxylic acids is 1. The predicted molar refractivity (Wildman–Crippen MR) is 82.4 cm³/mol. The van der Waals surface area contributed by atoms with Crippen molar-refractivity contribution < 1.29 is 43.4 Å². The van der Waals surface area contributed by atoms with E-state index in [2.05, 4.69) is 4.52 Å². The maximum Gasteiger partial charge on any atom is 0.470 e. The second kappa shape index (κ2) is 6.92. The highest BCUT2D eigenvalue weighted by atomic mass is 31.2. The summed E-state index contributed by atoms with van der Waals surface area (Å²) in [7, 11) is -5.14. The Morgan fingerprint density at radius 1 is 1.30 bits per heavy atom.